The highest BCUT2D eigenvalue weighted by atomic mass is 16.5. The molecule has 2 aliphatic rings. The number of imidazole rings is 2. The van der Waals surface area contributed by atoms with Gasteiger partial charge < -0.3 is 25.0 Å². The number of nitrogens with zero attached hydrogens (tertiary/aromatic N) is 4. The third-order valence-electron chi connectivity index (χ3n) is 8.83. The molecule has 4 heterocycles. The lowest BCUT2D eigenvalue weighted by Gasteiger charge is -2.39. The van der Waals surface area contributed by atoms with Crippen LogP contribution in [-0.4, -0.2) is 79.7 Å². The predicted molar refractivity (Wildman–Crippen MR) is 172 cm³/mol. The standard InChI is InChI=1S/C23H34N4O4.C10H12N2O/c1-17(2)26-19-5-3-4-6-20(19)27(22(26)29)21(28)24-15-18-7-11-25(12-8-18)16-23(30)9-13-31-14-10-23;1-7(2)12-9-6-4-3-5-8(9)11-10(12)13/h3-6,17-18,30H,7-16H2,1-2H3,(H,24,28);3-7H,1-2H3,(H,11,13). The first-order valence-electron chi connectivity index (χ1n) is 15.8. The van der Waals surface area contributed by atoms with Crippen LogP contribution < -0.4 is 16.7 Å². The van der Waals surface area contributed by atoms with Crippen molar-refractivity contribution in [1.29, 1.82) is 0 Å². The first-order valence-corrected chi connectivity index (χ1v) is 15.8. The van der Waals surface area contributed by atoms with E-state index in [0.717, 1.165) is 42.5 Å². The van der Waals surface area contributed by atoms with Crippen LogP contribution in [0.3, 0.4) is 0 Å². The van der Waals surface area contributed by atoms with Gasteiger partial charge in [-0.05, 0) is 83.8 Å². The van der Waals surface area contributed by atoms with Gasteiger partial charge in [0.2, 0.25) is 0 Å². The van der Waals surface area contributed by atoms with Gasteiger partial charge in [0.05, 0.1) is 27.7 Å². The SMILES string of the molecule is CC(C)n1c(=O)[nH]c2ccccc21.CC(C)n1c(=O)n(C(=O)NCC2CCN(CC3(O)CCOCC3)CC2)c2ccccc21. The smallest absolute Gasteiger partial charge is 0.337 e. The van der Waals surface area contributed by atoms with E-state index in [1.165, 1.54) is 4.57 Å². The van der Waals surface area contributed by atoms with E-state index >= 15 is 0 Å². The average Bonchev–Trinajstić information content (AvgIpc) is 3.50. The lowest BCUT2D eigenvalue weighted by Crippen LogP contribution is -2.49. The van der Waals surface area contributed by atoms with E-state index in [0.29, 0.717) is 50.6 Å². The van der Waals surface area contributed by atoms with Crippen LogP contribution in [0.4, 0.5) is 4.79 Å². The van der Waals surface area contributed by atoms with Crippen LogP contribution in [0.2, 0.25) is 0 Å². The summed E-state index contributed by atoms with van der Waals surface area (Å²) in [6.45, 7) is 12.2. The molecule has 0 atom stereocenters. The second-order valence-corrected chi connectivity index (χ2v) is 12.7. The highest BCUT2D eigenvalue weighted by Crippen LogP contribution is 2.25. The summed E-state index contributed by atoms with van der Waals surface area (Å²) in [4.78, 5) is 42.4. The number of aromatic amines is 1. The molecule has 11 nitrogen and oxygen atoms in total. The molecule has 2 aromatic carbocycles. The van der Waals surface area contributed by atoms with Crippen LogP contribution in [0.5, 0.6) is 0 Å². The van der Waals surface area contributed by atoms with Gasteiger partial charge in [0, 0.05) is 51.2 Å². The second kappa shape index (κ2) is 13.5. The van der Waals surface area contributed by atoms with Crippen molar-refractivity contribution in [2.75, 3.05) is 39.4 Å². The van der Waals surface area contributed by atoms with Crippen molar-refractivity contribution in [3.8, 4) is 0 Å². The van der Waals surface area contributed by atoms with Crippen LogP contribution in [0.25, 0.3) is 22.1 Å². The summed E-state index contributed by atoms with van der Waals surface area (Å²) in [6.07, 6.45) is 3.33. The van der Waals surface area contributed by atoms with Crippen molar-refractivity contribution in [2.45, 2.75) is 71.1 Å². The molecule has 44 heavy (non-hydrogen) atoms. The lowest BCUT2D eigenvalue weighted by molar-refractivity contribution is -0.0829. The highest BCUT2D eigenvalue weighted by molar-refractivity contribution is 5.89. The number of piperidine rings is 1. The Kier molecular flexibility index (Phi) is 9.77. The van der Waals surface area contributed by atoms with Gasteiger partial charge in [0.15, 0.2) is 0 Å². The molecule has 238 valence electrons. The third kappa shape index (κ3) is 6.85. The minimum absolute atomic E-state index is 0.0266. The zero-order valence-electron chi connectivity index (χ0n) is 26.3. The molecule has 0 spiro atoms. The summed E-state index contributed by atoms with van der Waals surface area (Å²) in [7, 11) is 0. The first kappa shape index (κ1) is 31.7. The molecule has 6 rings (SSSR count). The number of nitrogens with one attached hydrogen (secondary N) is 2. The van der Waals surface area contributed by atoms with Gasteiger partial charge in [0.25, 0.3) is 0 Å². The maximum atomic E-state index is 12.9. The van der Waals surface area contributed by atoms with E-state index < -0.39 is 5.60 Å². The van der Waals surface area contributed by atoms with Crippen LogP contribution in [-0.2, 0) is 4.74 Å². The Morgan fingerprint density at radius 2 is 1.52 bits per heavy atom. The molecule has 1 amide bonds. The Labute approximate surface area is 257 Å². The number of carbonyl (C=O) groups excluding carboxylic acids is 1. The number of aromatic nitrogens is 4. The van der Waals surface area contributed by atoms with Gasteiger partial charge >= 0.3 is 17.4 Å². The molecular formula is C33H46N6O5. The fourth-order valence-corrected chi connectivity index (χ4v) is 6.44. The summed E-state index contributed by atoms with van der Waals surface area (Å²) in [5, 5.41) is 13.7. The molecule has 0 aliphatic carbocycles. The lowest BCUT2D eigenvalue weighted by atomic mass is 9.91. The summed E-state index contributed by atoms with van der Waals surface area (Å²) >= 11 is 0. The number of para-hydroxylation sites is 4. The first-order chi connectivity index (χ1) is 21.1. The Hall–Kier alpha value is -3.67. The third-order valence-corrected chi connectivity index (χ3v) is 8.83. The van der Waals surface area contributed by atoms with Gasteiger partial charge in [-0.25, -0.2) is 19.0 Å². The molecule has 2 fully saturated rings. The number of amides is 1. The van der Waals surface area contributed by atoms with Crippen molar-refractivity contribution in [3.63, 3.8) is 0 Å². The fraction of sp³-hybridized carbons (Fsp3) is 0.545. The number of likely N-dealkylation sites (tertiary alicyclic amines) is 1. The molecule has 11 heteroatoms. The van der Waals surface area contributed by atoms with Crippen molar-refractivity contribution in [1.82, 2.24) is 28.9 Å². The monoisotopic (exact) mass is 606 g/mol. The minimum atomic E-state index is -0.634. The largest absolute Gasteiger partial charge is 0.388 e. The van der Waals surface area contributed by atoms with Gasteiger partial charge in [-0.1, -0.05) is 24.3 Å². The number of fused-ring (bicyclic) bond motifs is 2. The maximum absolute atomic E-state index is 12.9. The number of hydrogen-bond donors (Lipinski definition) is 3. The molecule has 0 bridgehead atoms. The predicted octanol–water partition coefficient (Wildman–Crippen LogP) is 4.11. The molecule has 2 saturated heterocycles. The van der Waals surface area contributed by atoms with Crippen LogP contribution >= 0.6 is 0 Å². The molecule has 0 saturated carbocycles. The van der Waals surface area contributed by atoms with E-state index in [1.807, 2.05) is 76.2 Å². The van der Waals surface area contributed by atoms with Gasteiger partial charge in [-0.15, -0.1) is 0 Å². The number of rotatable bonds is 6. The van der Waals surface area contributed by atoms with Gasteiger partial charge in [-0.2, -0.15) is 0 Å². The van der Waals surface area contributed by atoms with Crippen molar-refractivity contribution in [3.05, 3.63) is 69.5 Å². The molecule has 0 radical (unpaired) electrons. The van der Waals surface area contributed by atoms with Crippen molar-refractivity contribution >= 4 is 28.1 Å². The van der Waals surface area contributed by atoms with Crippen molar-refractivity contribution < 1.29 is 14.6 Å². The normalized spacial score (nSPS) is 17.7. The number of carbonyl (C=O) groups is 1. The molecule has 2 aliphatic heterocycles. The summed E-state index contributed by atoms with van der Waals surface area (Å²) in [5.41, 5.74) is 2.33. The maximum Gasteiger partial charge on any atom is 0.337 e. The Morgan fingerprint density at radius 1 is 0.932 bits per heavy atom. The quantitative estimate of drug-likeness (QED) is 0.303. The molecular weight excluding hydrogens is 560 g/mol. The molecule has 4 aromatic rings. The number of H-pyrrole nitrogens is 1. The van der Waals surface area contributed by atoms with E-state index in [2.05, 4.69) is 15.2 Å². The summed E-state index contributed by atoms with van der Waals surface area (Å²) in [5.74, 6) is 0.374. The van der Waals surface area contributed by atoms with E-state index in [9.17, 15) is 19.5 Å². The molecule has 2 aromatic heterocycles. The zero-order chi connectivity index (χ0) is 31.4. The average molecular weight is 607 g/mol. The minimum Gasteiger partial charge on any atom is -0.388 e. The van der Waals surface area contributed by atoms with Gasteiger partial charge in [0.1, 0.15) is 0 Å². The topological polar surface area (TPSA) is 127 Å². The van der Waals surface area contributed by atoms with Crippen LogP contribution in [0, 0.1) is 5.92 Å². The second-order valence-electron chi connectivity index (χ2n) is 12.7. The zero-order valence-corrected chi connectivity index (χ0v) is 26.3. The number of benzene rings is 2. The Morgan fingerprint density at radius 3 is 2.16 bits per heavy atom. The molecule has 3 N–H and O–H groups in total. The van der Waals surface area contributed by atoms with E-state index in [-0.39, 0.29) is 29.5 Å². The molecule has 0 unspecified atom stereocenters. The van der Waals surface area contributed by atoms with Crippen LogP contribution in [0.15, 0.2) is 58.1 Å². The Balaban J connectivity index is 0.000000245. The highest BCUT2D eigenvalue weighted by Gasteiger charge is 2.33. The van der Waals surface area contributed by atoms with Crippen molar-refractivity contribution in [2.24, 2.45) is 5.92 Å². The van der Waals surface area contributed by atoms with Gasteiger partial charge in [-0.3, -0.25) is 9.13 Å². The fourth-order valence-electron chi connectivity index (χ4n) is 6.44. The Bertz CT molecular complexity index is 1680. The van der Waals surface area contributed by atoms with E-state index in [1.54, 1.807) is 9.13 Å². The number of hydrogen-bond acceptors (Lipinski definition) is 6. The number of β-amino-alcohol motifs (C(OH)–C–C–N with tert-alkyl or cyclic N) is 1. The van der Waals surface area contributed by atoms with Crippen LogP contribution in [0.1, 0.15) is 65.5 Å². The number of ether oxygens (including phenoxy) is 1. The number of aliphatic hydroxyl groups is 1. The summed E-state index contributed by atoms with van der Waals surface area (Å²) < 4.78 is 10.0. The van der Waals surface area contributed by atoms with E-state index in [4.69, 9.17) is 4.74 Å². The summed E-state index contributed by atoms with van der Waals surface area (Å²) in [6, 6.07) is 15.0.